The van der Waals surface area contributed by atoms with Crippen LogP contribution in [0.25, 0.3) is 0 Å². The maximum atomic E-state index is 10.6. The predicted molar refractivity (Wildman–Crippen MR) is 84.6 cm³/mol. The van der Waals surface area contributed by atoms with Crippen molar-refractivity contribution in [3.63, 3.8) is 0 Å². The number of benzene rings is 1. The van der Waals surface area contributed by atoms with Gasteiger partial charge in [0.05, 0.1) is 0 Å². The largest absolute Gasteiger partial charge is 0.473 e. The fraction of sp³-hybridized carbons (Fsp3) is 0.357. The van der Waals surface area contributed by atoms with Crippen molar-refractivity contribution in [1.29, 1.82) is 0 Å². The third-order valence-corrected chi connectivity index (χ3v) is 3.89. The molecule has 0 radical (unpaired) electrons. The Bertz CT molecular complexity index is 542. The van der Waals surface area contributed by atoms with E-state index in [2.05, 4.69) is 4.90 Å². The molecule has 23 heavy (non-hydrogen) atoms. The molecule has 1 heterocycles. The minimum absolute atomic E-state index is 0.704. The molecule has 1 aromatic rings. The van der Waals surface area contributed by atoms with Gasteiger partial charge in [-0.15, -0.1) is 0 Å². The SMILES string of the molecule is O=C(O)C(=O)O.O=CN1CCN(Cc2c(Cl)cccc2Cl)CC1. The Morgan fingerprint density at radius 2 is 1.52 bits per heavy atom. The zero-order valence-corrected chi connectivity index (χ0v) is 13.6. The zero-order valence-electron chi connectivity index (χ0n) is 12.1. The van der Waals surface area contributed by atoms with E-state index in [9.17, 15) is 4.79 Å². The summed E-state index contributed by atoms with van der Waals surface area (Å²) in [6.45, 7) is 4.00. The summed E-state index contributed by atoms with van der Waals surface area (Å²) in [7, 11) is 0. The van der Waals surface area contributed by atoms with Crippen LogP contribution in [0.1, 0.15) is 5.56 Å². The monoisotopic (exact) mass is 362 g/mol. The molecule has 0 bridgehead atoms. The second kappa shape index (κ2) is 9.34. The van der Waals surface area contributed by atoms with Gasteiger partial charge in [-0.1, -0.05) is 29.3 Å². The number of carboxylic acid groups (broad SMARTS) is 2. The van der Waals surface area contributed by atoms with Crippen LogP contribution in [0.4, 0.5) is 0 Å². The third-order valence-electron chi connectivity index (χ3n) is 3.18. The Morgan fingerprint density at radius 3 is 1.91 bits per heavy atom. The van der Waals surface area contributed by atoms with Crippen LogP contribution in [0.3, 0.4) is 0 Å². The highest BCUT2D eigenvalue weighted by atomic mass is 35.5. The summed E-state index contributed by atoms with van der Waals surface area (Å²) in [5.74, 6) is -3.65. The van der Waals surface area contributed by atoms with Gasteiger partial charge < -0.3 is 15.1 Å². The number of rotatable bonds is 3. The van der Waals surface area contributed by atoms with Crippen LogP contribution >= 0.6 is 23.2 Å². The van der Waals surface area contributed by atoms with Crippen LogP contribution in [-0.2, 0) is 20.9 Å². The van der Waals surface area contributed by atoms with E-state index in [4.69, 9.17) is 43.0 Å². The molecule has 0 atom stereocenters. The lowest BCUT2D eigenvalue weighted by Crippen LogP contribution is -2.45. The molecule has 1 aliphatic rings. The lowest BCUT2D eigenvalue weighted by Gasteiger charge is -2.32. The average Bonchev–Trinajstić information content (AvgIpc) is 2.52. The minimum Gasteiger partial charge on any atom is -0.473 e. The van der Waals surface area contributed by atoms with E-state index in [1.807, 2.05) is 18.2 Å². The Balaban J connectivity index is 0.000000379. The Labute approximate surface area is 143 Å². The summed E-state index contributed by atoms with van der Waals surface area (Å²) in [5, 5.41) is 16.2. The number of nitrogens with zero attached hydrogens (tertiary/aromatic N) is 2. The summed E-state index contributed by atoms with van der Waals surface area (Å²) in [4.78, 5) is 32.8. The number of carbonyl (C=O) groups is 3. The first kappa shape index (κ1) is 19.2. The first-order chi connectivity index (χ1) is 10.8. The molecule has 7 nitrogen and oxygen atoms in total. The van der Waals surface area contributed by atoms with E-state index >= 15 is 0 Å². The topological polar surface area (TPSA) is 98.1 Å². The van der Waals surface area contributed by atoms with Crippen molar-refractivity contribution in [2.45, 2.75) is 6.54 Å². The van der Waals surface area contributed by atoms with Gasteiger partial charge in [0, 0.05) is 48.3 Å². The fourth-order valence-corrected chi connectivity index (χ4v) is 2.45. The van der Waals surface area contributed by atoms with Gasteiger partial charge in [0.15, 0.2) is 0 Å². The Morgan fingerprint density at radius 1 is 1.04 bits per heavy atom. The van der Waals surface area contributed by atoms with Crippen molar-refractivity contribution in [1.82, 2.24) is 9.80 Å². The zero-order chi connectivity index (χ0) is 17.4. The molecule has 1 amide bonds. The van der Waals surface area contributed by atoms with Gasteiger partial charge >= 0.3 is 11.9 Å². The molecule has 126 valence electrons. The third kappa shape index (κ3) is 6.43. The van der Waals surface area contributed by atoms with Crippen molar-refractivity contribution >= 4 is 41.6 Å². The molecule has 0 spiro atoms. The van der Waals surface area contributed by atoms with E-state index in [1.165, 1.54) is 0 Å². The molecule has 9 heteroatoms. The molecule has 0 aliphatic carbocycles. The molecule has 2 rings (SSSR count). The van der Waals surface area contributed by atoms with Gasteiger partial charge in [0.1, 0.15) is 0 Å². The summed E-state index contributed by atoms with van der Waals surface area (Å²) < 4.78 is 0. The predicted octanol–water partition coefficient (Wildman–Crippen LogP) is 1.42. The van der Waals surface area contributed by atoms with Crippen LogP contribution in [0, 0.1) is 0 Å². The van der Waals surface area contributed by atoms with Crippen molar-refractivity contribution in [3.05, 3.63) is 33.8 Å². The summed E-state index contributed by atoms with van der Waals surface area (Å²) in [6.07, 6.45) is 0.903. The normalized spacial score (nSPS) is 14.6. The van der Waals surface area contributed by atoms with Crippen LogP contribution in [0.5, 0.6) is 0 Å². The van der Waals surface area contributed by atoms with Gasteiger partial charge in [-0.25, -0.2) is 9.59 Å². The number of piperazine rings is 1. The molecule has 1 aliphatic heterocycles. The number of carbonyl (C=O) groups excluding carboxylic acids is 1. The van der Waals surface area contributed by atoms with Crippen molar-refractivity contribution in [2.24, 2.45) is 0 Å². The molecule has 0 aromatic heterocycles. The second-order valence-corrected chi connectivity index (χ2v) is 5.54. The lowest BCUT2D eigenvalue weighted by atomic mass is 10.2. The highest BCUT2D eigenvalue weighted by molar-refractivity contribution is 6.35. The first-order valence-electron chi connectivity index (χ1n) is 6.66. The standard InChI is InChI=1S/C12H14Cl2N2O.C2H2O4/c13-11-2-1-3-12(14)10(11)8-15-4-6-16(9-17)7-5-15;3-1(4)2(5)6/h1-3,9H,4-8H2;(H,3,4)(H,5,6). The maximum absolute atomic E-state index is 10.6. The van der Waals surface area contributed by atoms with Crippen LogP contribution < -0.4 is 0 Å². The molecule has 2 N–H and O–H groups in total. The van der Waals surface area contributed by atoms with E-state index < -0.39 is 11.9 Å². The maximum Gasteiger partial charge on any atom is 0.414 e. The van der Waals surface area contributed by atoms with E-state index in [0.717, 1.165) is 44.7 Å². The number of halogens is 2. The smallest absolute Gasteiger partial charge is 0.414 e. The van der Waals surface area contributed by atoms with E-state index in [1.54, 1.807) is 4.90 Å². The molecular weight excluding hydrogens is 347 g/mol. The highest BCUT2D eigenvalue weighted by Gasteiger charge is 2.17. The number of hydrogen-bond donors (Lipinski definition) is 2. The van der Waals surface area contributed by atoms with Gasteiger partial charge in [0.2, 0.25) is 6.41 Å². The summed E-state index contributed by atoms with van der Waals surface area (Å²) in [6, 6.07) is 5.55. The second-order valence-electron chi connectivity index (χ2n) is 4.73. The molecule has 0 saturated carbocycles. The van der Waals surface area contributed by atoms with Crippen LogP contribution in [0.15, 0.2) is 18.2 Å². The summed E-state index contributed by atoms with van der Waals surface area (Å²) >= 11 is 12.3. The van der Waals surface area contributed by atoms with Crippen molar-refractivity contribution in [3.8, 4) is 0 Å². The number of carboxylic acids is 2. The average molecular weight is 363 g/mol. The molecule has 1 fully saturated rings. The van der Waals surface area contributed by atoms with Gasteiger partial charge in [-0.2, -0.15) is 0 Å². The Hall–Kier alpha value is -1.83. The summed E-state index contributed by atoms with van der Waals surface area (Å²) in [5.41, 5.74) is 0.968. The number of hydrogen-bond acceptors (Lipinski definition) is 4. The van der Waals surface area contributed by atoms with Crippen LogP contribution in [0.2, 0.25) is 10.0 Å². The van der Waals surface area contributed by atoms with Gasteiger partial charge in [-0.3, -0.25) is 9.69 Å². The molecular formula is C14H16Cl2N2O5. The van der Waals surface area contributed by atoms with Gasteiger partial charge in [-0.05, 0) is 12.1 Å². The van der Waals surface area contributed by atoms with Crippen LogP contribution in [-0.4, -0.2) is 64.5 Å². The van der Waals surface area contributed by atoms with E-state index in [0.29, 0.717) is 10.0 Å². The molecule has 1 aromatic carbocycles. The van der Waals surface area contributed by atoms with Crippen molar-refractivity contribution < 1.29 is 24.6 Å². The first-order valence-corrected chi connectivity index (χ1v) is 7.41. The highest BCUT2D eigenvalue weighted by Crippen LogP contribution is 2.25. The fourth-order valence-electron chi connectivity index (χ4n) is 1.93. The molecule has 1 saturated heterocycles. The van der Waals surface area contributed by atoms with Crippen molar-refractivity contribution in [2.75, 3.05) is 26.2 Å². The van der Waals surface area contributed by atoms with Gasteiger partial charge in [0.25, 0.3) is 0 Å². The van der Waals surface area contributed by atoms with E-state index in [-0.39, 0.29) is 0 Å². The quantitative estimate of drug-likeness (QED) is 0.623. The lowest BCUT2D eigenvalue weighted by molar-refractivity contribution is -0.159. The Kier molecular flexibility index (Phi) is 7.80. The molecule has 0 unspecified atom stereocenters. The minimum atomic E-state index is -1.82. The number of aliphatic carboxylic acids is 2. The number of amides is 1.